The van der Waals surface area contributed by atoms with Gasteiger partial charge in [0.05, 0.1) is 25.0 Å². The summed E-state index contributed by atoms with van der Waals surface area (Å²) in [5.41, 5.74) is 0.742. The third-order valence-electron chi connectivity index (χ3n) is 4.21. The molecule has 1 fully saturated rings. The quantitative estimate of drug-likeness (QED) is 0.662. The highest BCUT2D eigenvalue weighted by atomic mass is 16.5. The molecule has 1 aromatic rings. The zero-order valence-electron chi connectivity index (χ0n) is 14.5. The minimum atomic E-state index is -0.827. The normalized spacial score (nSPS) is 20.1. The average Bonchev–Trinajstić information content (AvgIpc) is 2.50. The molecule has 25 heavy (non-hydrogen) atoms. The van der Waals surface area contributed by atoms with Crippen molar-refractivity contribution in [2.45, 2.75) is 45.2 Å². The topological polar surface area (TPSA) is 105 Å². The van der Waals surface area contributed by atoms with Gasteiger partial charge in [0.2, 0.25) is 11.8 Å². The van der Waals surface area contributed by atoms with E-state index in [-0.39, 0.29) is 30.2 Å². The van der Waals surface area contributed by atoms with Crippen LogP contribution < -0.4 is 15.4 Å². The summed E-state index contributed by atoms with van der Waals surface area (Å²) in [5.74, 6) is -1.04. The summed E-state index contributed by atoms with van der Waals surface area (Å²) in [7, 11) is 0. The van der Waals surface area contributed by atoms with E-state index in [4.69, 9.17) is 9.84 Å². The Kier molecular flexibility index (Phi) is 6.38. The molecule has 1 saturated carbocycles. The molecular weight excluding hydrogens is 324 g/mol. The van der Waals surface area contributed by atoms with E-state index in [9.17, 15) is 14.4 Å². The molecule has 3 N–H and O–H groups in total. The zero-order chi connectivity index (χ0) is 18.4. The summed E-state index contributed by atoms with van der Waals surface area (Å²) in [4.78, 5) is 34.7. The van der Waals surface area contributed by atoms with Gasteiger partial charge in [0.15, 0.2) is 0 Å². The highest BCUT2D eigenvalue weighted by Crippen LogP contribution is 2.29. The van der Waals surface area contributed by atoms with Crippen molar-refractivity contribution < 1.29 is 24.2 Å². The molecule has 136 valence electrons. The number of carbonyl (C=O) groups excluding carboxylic acids is 2. The molecule has 1 aromatic carbocycles. The summed E-state index contributed by atoms with van der Waals surface area (Å²) < 4.78 is 5.59. The van der Waals surface area contributed by atoms with E-state index in [1.54, 1.807) is 6.07 Å². The molecule has 0 heterocycles. The third-order valence-corrected chi connectivity index (χ3v) is 4.21. The molecule has 0 aromatic heterocycles. The maximum atomic E-state index is 12.3. The van der Waals surface area contributed by atoms with E-state index >= 15 is 0 Å². The lowest BCUT2D eigenvalue weighted by molar-refractivity contribution is -0.146. The fourth-order valence-corrected chi connectivity index (χ4v) is 2.95. The SMILES string of the molecule is CCOc1ccccc1C(CC(=O)NC1CC(C(=O)O)C1)NC(C)=O. The van der Waals surface area contributed by atoms with Gasteiger partial charge >= 0.3 is 5.97 Å². The number of aliphatic carboxylic acids is 1. The number of para-hydroxylation sites is 1. The Bertz CT molecular complexity index is 640. The van der Waals surface area contributed by atoms with Crippen molar-refractivity contribution in [1.82, 2.24) is 10.6 Å². The summed E-state index contributed by atoms with van der Waals surface area (Å²) in [6, 6.07) is 6.66. The van der Waals surface area contributed by atoms with Crippen molar-refractivity contribution in [2.24, 2.45) is 5.92 Å². The van der Waals surface area contributed by atoms with Gasteiger partial charge in [-0.05, 0) is 25.8 Å². The Morgan fingerprint density at radius 1 is 1.28 bits per heavy atom. The Morgan fingerprint density at radius 3 is 2.56 bits per heavy atom. The number of benzene rings is 1. The van der Waals surface area contributed by atoms with Crippen LogP contribution in [0.25, 0.3) is 0 Å². The number of rotatable bonds is 8. The van der Waals surface area contributed by atoms with Crippen LogP contribution in [-0.2, 0) is 14.4 Å². The van der Waals surface area contributed by atoms with E-state index < -0.39 is 12.0 Å². The third kappa shape index (κ3) is 5.20. The second-order valence-electron chi connectivity index (χ2n) is 6.20. The van der Waals surface area contributed by atoms with E-state index in [2.05, 4.69) is 10.6 Å². The fraction of sp³-hybridized carbons (Fsp3) is 0.500. The predicted molar refractivity (Wildman–Crippen MR) is 91.1 cm³/mol. The van der Waals surface area contributed by atoms with Gasteiger partial charge in [-0.3, -0.25) is 14.4 Å². The summed E-state index contributed by atoms with van der Waals surface area (Å²) in [5, 5.41) is 14.5. The molecule has 7 nitrogen and oxygen atoms in total. The molecule has 1 aliphatic carbocycles. The van der Waals surface area contributed by atoms with Crippen LogP contribution in [-0.4, -0.2) is 35.5 Å². The molecule has 0 radical (unpaired) electrons. The number of nitrogens with one attached hydrogen (secondary N) is 2. The fourth-order valence-electron chi connectivity index (χ4n) is 2.95. The Morgan fingerprint density at radius 2 is 1.96 bits per heavy atom. The molecule has 7 heteroatoms. The van der Waals surface area contributed by atoms with E-state index in [0.29, 0.717) is 25.2 Å². The first kappa shape index (κ1) is 18.8. The highest BCUT2D eigenvalue weighted by molar-refractivity contribution is 5.80. The van der Waals surface area contributed by atoms with Gasteiger partial charge in [-0.15, -0.1) is 0 Å². The monoisotopic (exact) mass is 348 g/mol. The largest absolute Gasteiger partial charge is 0.494 e. The van der Waals surface area contributed by atoms with Gasteiger partial charge < -0.3 is 20.5 Å². The van der Waals surface area contributed by atoms with Gasteiger partial charge in [0.25, 0.3) is 0 Å². The minimum absolute atomic E-state index is 0.0674. The average molecular weight is 348 g/mol. The molecule has 0 bridgehead atoms. The van der Waals surface area contributed by atoms with Crippen molar-refractivity contribution in [3.63, 3.8) is 0 Å². The van der Waals surface area contributed by atoms with Crippen LogP contribution in [0.5, 0.6) is 5.75 Å². The van der Waals surface area contributed by atoms with Crippen molar-refractivity contribution in [2.75, 3.05) is 6.61 Å². The van der Waals surface area contributed by atoms with Crippen LogP contribution in [0.15, 0.2) is 24.3 Å². The van der Waals surface area contributed by atoms with Crippen LogP contribution in [0.4, 0.5) is 0 Å². The van der Waals surface area contributed by atoms with Crippen LogP contribution >= 0.6 is 0 Å². The molecule has 0 saturated heterocycles. The lowest BCUT2D eigenvalue weighted by Gasteiger charge is -2.33. The predicted octanol–water partition coefficient (Wildman–Crippen LogP) is 1.63. The van der Waals surface area contributed by atoms with Crippen LogP contribution in [0.2, 0.25) is 0 Å². The molecule has 0 aliphatic heterocycles. The maximum Gasteiger partial charge on any atom is 0.306 e. The van der Waals surface area contributed by atoms with Gasteiger partial charge in [-0.25, -0.2) is 0 Å². The number of hydrogen-bond donors (Lipinski definition) is 3. The lowest BCUT2D eigenvalue weighted by atomic mass is 9.80. The Hall–Kier alpha value is -2.57. The van der Waals surface area contributed by atoms with Crippen LogP contribution in [0, 0.1) is 5.92 Å². The van der Waals surface area contributed by atoms with E-state index in [1.165, 1.54) is 6.92 Å². The standard InChI is InChI=1S/C18H24N2O5/c1-3-25-16-7-5-4-6-14(16)15(19-11(2)21)10-17(22)20-13-8-12(9-13)18(23)24/h4-7,12-13,15H,3,8-10H2,1-2H3,(H,19,21)(H,20,22)(H,23,24). The van der Waals surface area contributed by atoms with E-state index in [0.717, 1.165) is 5.56 Å². The molecule has 1 aliphatic rings. The molecule has 1 unspecified atom stereocenters. The maximum absolute atomic E-state index is 12.3. The lowest BCUT2D eigenvalue weighted by Crippen LogP contribution is -2.47. The summed E-state index contributed by atoms with van der Waals surface area (Å²) >= 11 is 0. The van der Waals surface area contributed by atoms with Gasteiger partial charge in [-0.2, -0.15) is 0 Å². The van der Waals surface area contributed by atoms with Crippen molar-refractivity contribution in [1.29, 1.82) is 0 Å². The highest BCUT2D eigenvalue weighted by Gasteiger charge is 2.35. The summed E-state index contributed by atoms with van der Waals surface area (Å²) in [6.07, 6.45) is 0.959. The minimum Gasteiger partial charge on any atom is -0.494 e. The number of ether oxygens (including phenoxy) is 1. The molecular formula is C18H24N2O5. The first-order valence-corrected chi connectivity index (χ1v) is 8.41. The Balaban J connectivity index is 2.02. The summed E-state index contributed by atoms with van der Waals surface area (Å²) in [6.45, 7) is 3.75. The number of amides is 2. The van der Waals surface area contributed by atoms with Crippen LogP contribution in [0.3, 0.4) is 0 Å². The van der Waals surface area contributed by atoms with Crippen molar-refractivity contribution in [3.05, 3.63) is 29.8 Å². The van der Waals surface area contributed by atoms with Gasteiger partial charge in [0.1, 0.15) is 5.75 Å². The first-order chi connectivity index (χ1) is 11.9. The number of carboxylic acid groups (broad SMARTS) is 1. The number of carbonyl (C=O) groups is 3. The smallest absolute Gasteiger partial charge is 0.306 e. The zero-order valence-corrected chi connectivity index (χ0v) is 14.5. The van der Waals surface area contributed by atoms with Crippen LogP contribution in [0.1, 0.15) is 44.7 Å². The Labute approximate surface area is 146 Å². The van der Waals surface area contributed by atoms with Gasteiger partial charge in [-0.1, -0.05) is 18.2 Å². The van der Waals surface area contributed by atoms with Crippen molar-refractivity contribution >= 4 is 17.8 Å². The second-order valence-corrected chi connectivity index (χ2v) is 6.20. The van der Waals surface area contributed by atoms with Crippen molar-refractivity contribution in [3.8, 4) is 5.75 Å². The molecule has 1 atom stereocenters. The molecule has 0 spiro atoms. The first-order valence-electron chi connectivity index (χ1n) is 8.41. The molecule has 2 amide bonds. The number of hydrogen-bond acceptors (Lipinski definition) is 4. The number of carboxylic acids is 1. The van der Waals surface area contributed by atoms with E-state index in [1.807, 2.05) is 25.1 Å². The molecule has 2 rings (SSSR count). The van der Waals surface area contributed by atoms with Gasteiger partial charge in [0, 0.05) is 18.5 Å². The second kappa shape index (κ2) is 8.50.